The number of halogens is 3. The van der Waals surface area contributed by atoms with Crippen LogP contribution >= 0.6 is 39.1 Å². The van der Waals surface area contributed by atoms with Gasteiger partial charge in [0.05, 0.1) is 15.0 Å². The highest BCUT2D eigenvalue weighted by molar-refractivity contribution is 9.10. The van der Waals surface area contributed by atoms with Gasteiger partial charge in [-0.3, -0.25) is 10.1 Å². The third-order valence-electron chi connectivity index (χ3n) is 2.49. The molecule has 2 rings (SSSR count). The lowest BCUT2D eigenvalue weighted by Gasteiger charge is -2.09. The van der Waals surface area contributed by atoms with Crippen molar-refractivity contribution in [2.75, 3.05) is 0 Å². The van der Waals surface area contributed by atoms with Crippen molar-refractivity contribution in [3.8, 4) is 17.6 Å². The Bertz CT molecular complexity index is 775. The summed E-state index contributed by atoms with van der Waals surface area (Å²) in [5, 5.41) is 20.4. The van der Waals surface area contributed by atoms with E-state index in [-0.39, 0.29) is 22.7 Å². The summed E-state index contributed by atoms with van der Waals surface area (Å²) in [4.78, 5) is 10.1. The number of nitro benzene ring substituents is 1. The van der Waals surface area contributed by atoms with Crippen LogP contribution in [0.4, 0.5) is 5.69 Å². The van der Waals surface area contributed by atoms with Gasteiger partial charge in [-0.15, -0.1) is 0 Å². The second-order valence-corrected chi connectivity index (χ2v) is 5.52. The lowest BCUT2D eigenvalue weighted by Crippen LogP contribution is -1.93. The summed E-state index contributed by atoms with van der Waals surface area (Å²) in [5.74, 6) is 0.528. The standard InChI is InChI=1S/C13H5BrCl2N2O3/c14-9-4-11(16)13(5-10(9)15)21-8-1-2-12(18(19)20)7(3-8)6-17/h1-5H. The molecule has 0 bridgehead atoms. The third kappa shape index (κ3) is 3.45. The molecule has 8 heteroatoms. The molecule has 0 unspecified atom stereocenters. The maximum atomic E-state index is 10.8. The third-order valence-corrected chi connectivity index (χ3v) is 3.98. The van der Waals surface area contributed by atoms with E-state index in [2.05, 4.69) is 15.9 Å². The highest BCUT2D eigenvalue weighted by atomic mass is 79.9. The van der Waals surface area contributed by atoms with E-state index < -0.39 is 4.92 Å². The molecule has 5 nitrogen and oxygen atoms in total. The van der Waals surface area contributed by atoms with Gasteiger partial charge in [0.1, 0.15) is 23.1 Å². The van der Waals surface area contributed by atoms with Crippen molar-refractivity contribution < 1.29 is 9.66 Å². The van der Waals surface area contributed by atoms with Crippen LogP contribution in [0.2, 0.25) is 10.0 Å². The molecule has 106 valence electrons. The van der Waals surface area contributed by atoms with Crippen LogP contribution in [0, 0.1) is 21.4 Å². The van der Waals surface area contributed by atoms with E-state index in [9.17, 15) is 10.1 Å². The Morgan fingerprint density at radius 3 is 2.57 bits per heavy atom. The van der Waals surface area contributed by atoms with Gasteiger partial charge >= 0.3 is 0 Å². The van der Waals surface area contributed by atoms with Crippen LogP contribution in [0.5, 0.6) is 11.5 Å². The van der Waals surface area contributed by atoms with Crippen LogP contribution in [0.15, 0.2) is 34.8 Å². The van der Waals surface area contributed by atoms with Crippen LogP contribution in [-0.4, -0.2) is 4.92 Å². The van der Waals surface area contributed by atoms with Crippen molar-refractivity contribution in [1.82, 2.24) is 0 Å². The van der Waals surface area contributed by atoms with Crippen LogP contribution in [0.25, 0.3) is 0 Å². The minimum Gasteiger partial charge on any atom is -0.456 e. The van der Waals surface area contributed by atoms with Crippen molar-refractivity contribution in [3.63, 3.8) is 0 Å². The summed E-state index contributed by atoms with van der Waals surface area (Å²) in [6, 6.07) is 8.66. The van der Waals surface area contributed by atoms with Gasteiger partial charge in [-0.1, -0.05) is 23.2 Å². The smallest absolute Gasteiger partial charge is 0.287 e. The Hall–Kier alpha value is -1.81. The molecule has 0 atom stereocenters. The quantitative estimate of drug-likeness (QED) is 0.405. The highest BCUT2D eigenvalue weighted by Gasteiger charge is 2.15. The van der Waals surface area contributed by atoms with E-state index in [4.69, 9.17) is 33.2 Å². The zero-order valence-electron chi connectivity index (χ0n) is 10.1. The number of nitrogens with zero attached hydrogens (tertiary/aromatic N) is 2. The Kier molecular flexibility index (Phi) is 4.68. The normalized spacial score (nSPS) is 10.0. The van der Waals surface area contributed by atoms with E-state index in [0.717, 1.165) is 0 Å². The largest absolute Gasteiger partial charge is 0.456 e. The van der Waals surface area contributed by atoms with E-state index >= 15 is 0 Å². The number of rotatable bonds is 3. The summed E-state index contributed by atoms with van der Waals surface area (Å²) >= 11 is 15.2. The van der Waals surface area contributed by atoms with Gasteiger partial charge in [-0.05, 0) is 28.1 Å². The summed E-state index contributed by atoms with van der Waals surface area (Å²) in [6.45, 7) is 0. The number of hydrogen-bond donors (Lipinski definition) is 0. The van der Waals surface area contributed by atoms with E-state index in [1.165, 1.54) is 24.3 Å². The molecular weight excluding hydrogens is 383 g/mol. The number of nitro groups is 1. The molecular formula is C13H5BrCl2N2O3. The fourth-order valence-corrected chi connectivity index (χ4v) is 2.37. The van der Waals surface area contributed by atoms with Crippen LogP contribution < -0.4 is 4.74 Å². The first-order chi connectivity index (χ1) is 9.92. The molecule has 0 saturated heterocycles. The first-order valence-corrected chi connectivity index (χ1v) is 6.98. The Labute approximate surface area is 137 Å². The molecule has 21 heavy (non-hydrogen) atoms. The van der Waals surface area contributed by atoms with Gasteiger partial charge in [0.25, 0.3) is 5.69 Å². The molecule has 0 saturated carbocycles. The summed E-state index contributed by atoms with van der Waals surface area (Å²) in [6.07, 6.45) is 0. The predicted octanol–water partition coefficient (Wildman–Crippen LogP) is 5.33. The SMILES string of the molecule is N#Cc1cc(Oc2cc(Cl)c(Br)cc2Cl)ccc1[N+](=O)[O-]. The molecule has 0 spiro atoms. The fourth-order valence-electron chi connectivity index (χ4n) is 1.54. The van der Waals surface area contributed by atoms with Gasteiger partial charge in [0.2, 0.25) is 0 Å². The highest BCUT2D eigenvalue weighted by Crippen LogP contribution is 2.37. The molecule has 0 aromatic heterocycles. The van der Waals surface area contributed by atoms with Crippen molar-refractivity contribution in [1.29, 1.82) is 5.26 Å². The Morgan fingerprint density at radius 2 is 1.95 bits per heavy atom. The van der Waals surface area contributed by atoms with Gasteiger partial charge in [0.15, 0.2) is 0 Å². The van der Waals surface area contributed by atoms with Gasteiger partial charge < -0.3 is 4.74 Å². The molecule has 2 aromatic carbocycles. The van der Waals surface area contributed by atoms with E-state index in [0.29, 0.717) is 14.5 Å². The average molecular weight is 388 g/mol. The number of ether oxygens (including phenoxy) is 1. The van der Waals surface area contributed by atoms with Crippen molar-refractivity contribution >= 4 is 44.8 Å². The average Bonchev–Trinajstić information content (AvgIpc) is 2.44. The Balaban J connectivity index is 2.39. The molecule has 0 aliphatic rings. The van der Waals surface area contributed by atoms with Crippen molar-refractivity contribution in [2.45, 2.75) is 0 Å². The topological polar surface area (TPSA) is 76.2 Å². The molecule has 0 N–H and O–H groups in total. The zero-order chi connectivity index (χ0) is 15.6. The molecule has 0 amide bonds. The number of nitriles is 1. The van der Waals surface area contributed by atoms with Crippen LogP contribution in [-0.2, 0) is 0 Å². The summed E-state index contributed by atoms with van der Waals surface area (Å²) in [7, 11) is 0. The van der Waals surface area contributed by atoms with E-state index in [1.807, 2.05) is 0 Å². The van der Waals surface area contributed by atoms with Crippen LogP contribution in [0.3, 0.4) is 0 Å². The fraction of sp³-hybridized carbons (Fsp3) is 0. The lowest BCUT2D eigenvalue weighted by atomic mass is 10.2. The molecule has 0 fully saturated rings. The second-order valence-electron chi connectivity index (χ2n) is 3.85. The van der Waals surface area contributed by atoms with Crippen molar-refractivity contribution in [2.24, 2.45) is 0 Å². The summed E-state index contributed by atoms with van der Waals surface area (Å²) in [5.41, 5.74) is -0.387. The lowest BCUT2D eigenvalue weighted by molar-refractivity contribution is -0.385. The zero-order valence-corrected chi connectivity index (χ0v) is 13.2. The second kappa shape index (κ2) is 6.31. The first kappa shape index (κ1) is 15.6. The van der Waals surface area contributed by atoms with Crippen LogP contribution in [0.1, 0.15) is 5.56 Å². The minimum atomic E-state index is -0.633. The van der Waals surface area contributed by atoms with Gasteiger partial charge in [-0.25, -0.2) is 0 Å². The molecule has 2 aromatic rings. The van der Waals surface area contributed by atoms with Gasteiger partial charge in [-0.2, -0.15) is 5.26 Å². The minimum absolute atomic E-state index is 0.100. The number of benzene rings is 2. The van der Waals surface area contributed by atoms with Crippen molar-refractivity contribution in [3.05, 3.63) is 60.5 Å². The monoisotopic (exact) mass is 386 g/mol. The molecule has 0 heterocycles. The molecule has 0 aliphatic carbocycles. The Morgan fingerprint density at radius 1 is 1.24 bits per heavy atom. The first-order valence-electron chi connectivity index (χ1n) is 5.43. The maximum Gasteiger partial charge on any atom is 0.287 e. The van der Waals surface area contributed by atoms with Gasteiger partial charge in [0, 0.05) is 22.7 Å². The molecule has 0 aliphatic heterocycles. The molecule has 0 radical (unpaired) electrons. The number of hydrogen-bond acceptors (Lipinski definition) is 4. The van der Waals surface area contributed by atoms with E-state index in [1.54, 1.807) is 12.1 Å². The maximum absolute atomic E-state index is 10.8. The summed E-state index contributed by atoms with van der Waals surface area (Å²) < 4.78 is 6.13. The predicted molar refractivity (Wildman–Crippen MR) is 82.0 cm³/mol.